The number of hydrogen-bond donors (Lipinski definition) is 0. The largest absolute Gasteiger partial charge is 0.462 e. The highest BCUT2D eigenvalue weighted by molar-refractivity contribution is 5.95. The van der Waals surface area contributed by atoms with Crippen LogP contribution in [0.5, 0.6) is 23.0 Å². The molecule has 0 radical (unpaired) electrons. The van der Waals surface area contributed by atoms with Gasteiger partial charge in [0.1, 0.15) is 45.3 Å². The SMILES string of the molecule is CCOC(=O)c1ccccc1OC(=O)CCCCCCCC(=O)Oc1ccccc1C(=O)OCC.CCOC(=O)c1ccccc1OC(=O)CCCCCCCC(=O)Oc1ccccc1C(=O)OCC. The first-order valence-electron chi connectivity index (χ1n) is 23.8. The molecule has 0 aliphatic carbocycles. The number of rotatable bonds is 28. The molecule has 70 heavy (non-hydrogen) atoms. The summed E-state index contributed by atoms with van der Waals surface area (Å²) in [6.07, 6.45) is 8.35. The molecule has 16 heteroatoms. The second kappa shape index (κ2) is 33.2. The van der Waals surface area contributed by atoms with Gasteiger partial charge in [-0.1, -0.05) is 87.1 Å². The molecule has 0 aliphatic heterocycles. The minimum Gasteiger partial charge on any atom is -0.462 e. The Bertz CT molecular complexity index is 2000. The van der Waals surface area contributed by atoms with Crippen molar-refractivity contribution in [1.82, 2.24) is 0 Å². The standard InChI is InChI=1S/2C27H32O8/c2*1-3-32-26(30)20-14-10-12-16-22(20)34-24(28)18-8-6-5-7-9-19-25(29)35-23-17-13-11-15-21(23)27(31)33-4-2/h2*10-17H,3-9,18-19H2,1-2H3. The van der Waals surface area contributed by atoms with E-state index in [0.717, 1.165) is 38.5 Å². The first-order valence-corrected chi connectivity index (χ1v) is 23.8. The third-order valence-electron chi connectivity index (χ3n) is 9.95. The summed E-state index contributed by atoms with van der Waals surface area (Å²) in [4.78, 5) is 96.4. The van der Waals surface area contributed by atoms with Gasteiger partial charge in [-0.25, -0.2) is 19.2 Å². The predicted octanol–water partition coefficient (Wildman–Crippen LogP) is 10.6. The van der Waals surface area contributed by atoms with Crippen molar-refractivity contribution in [3.8, 4) is 23.0 Å². The van der Waals surface area contributed by atoms with E-state index in [9.17, 15) is 38.4 Å². The van der Waals surface area contributed by atoms with Gasteiger partial charge in [-0.2, -0.15) is 0 Å². The number of para-hydroxylation sites is 4. The van der Waals surface area contributed by atoms with Crippen LogP contribution in [-0.2, 0) is 38.1 Å². The number of hydrogen-bond acceptors (Lipinski definition) is 16. The van der Waals surface area contributed by atoms with E-state index in [4.69, 9.17) is 37.9 Å². The quantitative estimate of drug-likeness (QED) is 0.0224. The fourth-order valence-corrected chi connectivity index (χ4v) is 6.57. The van der Waals surface area contributed by atoms with Crippen molar-refractivity contribution < 1.29 is 76.3 Å². The maximum Gasteiger partial charge on any atom is 0.341 e. The Balaban J connectivity index is 0.000000370. The van der Waals surface area contributed by atoms with Gasteiger partial charge in [-0.05, 0) is 102 Å². The molecule has 0 saturated carbocycles. The molecule has 4 aromatic carbocycles. The zero-order valence-electron chi connectivity index (χ0n) is 40.5. The predicted molar refractivity (Wildman–Crippen MR) is 257 cm³/mol. The van der Waals surface area contributed by atoms with Crippen molar-refractivity contribution >= 4 is 47.8 Å². The molecule has 0 fully saturated rings. The summed E-state index contributed by atoms with van der Waals surface area (Å²) in [5, 5.41) is 0. The maximum absolute atomic E-state index is 12.1. The second-order valence-electron chi connectivity index (χ2n) is 15.3. The Labute approximate surface area is 409 Å². The van der Waals surface area contributed by atoms with Gasteiger partial charge in [0.05, 0.1) is 26.4 Å². The highest BCUT2D eigenvalue weighted by atomic mass is 16.6. The van der Waals surface area contributed by atoms with Crippen molar-refractivity contribution in [3.05, 3.63) is 119 Å². The molecule has 4 rings (SSSR count). The van der Waals surface area contributed by atoms with Crippen LogP contribution in [-0.4, -0.2) is 74.2 Å². The molecule has 0 aromatic heterocycles. The van der Waals surface area contributed by atoms with Crippen LogP contribution in [0.1, 0.15) is 159 Å². The third kappa shape index (κ3) is 21.3. The lowest BCUT2D eigenvalue weighted by atomic mass is 10.1. The van der Waals surface area contributed by atoms with E-state index < -0.39 is 47.8 Å². The van der Waals surface area contributed by atoms with E-state index in [1.807, 2.05) is 0 Å². The zero-order valence-corrected chi connectivity index (χ0v) is 40.5. The molecule has 0 bridgehead atoms. The van der Waals surface area contributed by atoms with Crippen molar-refractivity contribution in [2.75, 3.05) is 26.4 Å². The lowest BCUT2D eigenvalue weighted by Crippen LogP contribution is -2.12. The van der Waals surface area contributed by atoms with Crippen molar-refractivity contribution in [2.24, 2.45) is 0 Å². The highest BCUT2D eigenvalue weighted by Crippen LogP contribution is 2.24. The number of carbonyl (C=O) groups excluding carboxylic acids is 8. The molecule has 0 saturated heterocycles. The van der Waals surface area contributed by atoms with Crippen molar-refractivity contribution in [3.63, 3.8) is 0 Å². The van der Waals surface area contributed by atoms with E-state index in [2.05, 4.69) is 0 Å². The van der Waals surface area contributed by atoms with Gasteiger partial charge in [0.15, 0.2) is 0 Å². The minimum atomic E-state index is -0.529. The first kappa shape index (κ1) is 57.0. The number of benzene rings is 4. The summed E-state index contributed by atoms with van der Waals surface area (Å²) < 4.78 is 41.3. The second-order valence-corrected chi connectivity index (χ2v) is 15.3. The van der Waals surface area contributed by atoms with Crippen LogP contribution < -0.4 is 18.9 Å². The molecule has 16 nitrogen and oxygen atoms in total. The van der Waals surface area contributed by atoms with Crippen molar-refractivity contribution in [1.29, 1.82) is 0 Å². The van der Waals surface area contributed by atoms with E-state index in [1.165, 1.54) is 0 Å². The van der Waals surface area contributed by atoms with Crippen LogP contribution in [0.3, 0.4) is 0 Å². The average Bonchev–Trinajstić information content (AvgIpc) is 3.34. The first-order chi connectivity index (χ1) is 33.9. The number of ether oxygens (including phenoxy) is 8. The molecule has 0 N–H and O–H groups in total. The Morgan fingerprint density at radius 3 is 0.671 bits per heavy atom. The lowest BCUT2D eigenvalue weighted by Gasteiger charge is -2.09. The van der Waals surface area contributed by atoms with Crippen LogP contribution in [0.25, 0.3) is 0 Å². The van der Waals surface area contributed by atoms with Gasteiger partial charge in [-0.3, -0.25) is 19.2 Å². The Morgan fingerprint density at radius 1 is 0.286 bits per heavy atom. The zero-order chi connectivity index (χ0) is 50.9. The van der Waals surface area contributed by atoms with E-state index in [0.29, 0.717) is 25.7 Å². The van der Waals surface area contributed by atoms with Gasteiger partial charge in [0.25, 0.3) is 0 Å². The number of carbonyl (C=O) groups is 8. The fourth-order valence-electron chi connectivity index (χ4n) is 6.57. The smallest absolute Gasteiger partial charge is 0.341 e. The molecule has 0 atom stereocenters. The average molecular weight is 969 g/mol. The number of unbranched alkanes of at least 4 members (excludes halogenated alkanes) is 8. The van der Waals surface area contributed by atoms with Crippen LogP contribution in [0, 0.1) is 0 Å². The van der Waals surface area contributed by atoms with E-state index >= 15 is 0 Å². The van der Waals surface area contributed by atoms with Gasteiger partial charge < -0.3 is 37.9 Å². The van der Waals surface area contributed by atoms with Crippen LogP contribution >= 0.6 is 0 Å². The monoisotopic (exact) mass is 968 g/mol. The van der Waals surface area contributed by atoms with E-state index in [1.54, 1.807) is 125 Å². The highest BCUT2D eigenvalue weighted by Gasteiger charge is 2.19. The van der Waals surface area contributed by atoms with Gasteiger partial charge in [0.2, 0.25) is 0 Å². The summed E-state index contributed by atoms with van der Waals surface area (Å²) >= 11 is 0. The van der Waals surface area contributed by atoms with E-state index in [-0.39, 0.29) is 97.4 Å². The number of esters is 8. The van der Waals surface area contributed by atoms with Gasteiger partial charge in [0, 0.05) is 25.7 Å². The third-order valence-corrected chi connectivity index (χ3v) is 9.95. The van der Waals surface area contributed by atoms with Crippen LogP contribution in [0.15, 0.2) is 97.1 Å². The van der Waals surface area contributed by atoms with Crippen LogP contribution in [0.4, 0.5) is 0 Å². The van der Waals surface area contributed by atoms with Crippen LogP contribution in [0.2, 0.25) is 0 Å². The summed E-state index contributed by atoms with van der Waals surface area (Å²) in [6.45, 7) is 7.78. The normalized spacial score (nSPS) is 10.3. The Morgan fingerprint density at radius 2 is 0.471 bits per heavy atom. The van der Waals surface area contributed by atoms with Gasteiger partial charge in [-0.15, -0.1) is 0 Å². The molecule has 0 unspecified atom stereocenters. The molecule has 0 aliphatic rings. The fraction of sp³-hybridized carbons (Fsp3) is 0.407. The summed E-state index contributed by atoms with van der Waals surface area (Å²) in [6, 6.07) is 25.9. The Hall–Kier alpha value is -7.36. The molecule has 0 amide bonds. The van der Waals surface area contributed by atoms with Gasteiger partial charge >= 0.3 is 47.8 Å². The summed E-state index contributed by atoms with van der Waals surface area (Å²) in [7, 11) is 0. The Kier molecular flexibility index (Phi) is 27.0. The molecule has 0 spiro atoms. The van der Waals surface area contributed by atoms with Crippen molar-refractivity contribution in [2.45, 2.75) is 118 Å². The molecular formula is C54H64O16. The minimum absolute atomic E-state index is 0.194. The maximum atomic E-state index is 12.1. The summed E-state index contributed by atoms with van der Waals surface area (Å²) in [5.41, 5.74) is 0.887. The molecule has 0 heterocycles. The molecular weight excluding hydrogens is 905 g/mol. The lowest BCUT2D eigenvalue weighted by molar-refractivity contribution is -0.135. The summed E-state index contributed by atoms with van der Waals surface area (Å²) in [5.74, 6) is -2.99. The topological polar surface area (TPSA) is 210 Å². The molecule has 4 aromatic rings. The molecule has 376 valence electrons.